The summed E-state index contributed by atoms with van der Waals surface area (Å²) in [5.74, 6) is -1.74. The quantitative estimate of drug-likeness (QED) is 0.0279. The third-order valence-electron chi connectivity index (χ3n) is 9.15. The number of carboxylic acids is 1. The number of nitrogens with zero attached hydrogens (tertiary/aromatic N) is 1. The van der Waals surface area contributed by atoms with Gasteiger partial charge < -0.3 is 28.6 Å². The number of hydrogen-bond acceptors (Lipinski definition) is 7. The molecule has 0 aromatic carbocycles. The summed E-state index contributed by atoms with van der Waals surface area (Å²) in [6.45, 7) is 4.60. The molecule has 0 amide bonds. The molecule has 8 nitrogen and oxygen atoms in total. The van der Waals surface area contributed by atoms with Crippen molar-refractivity contribution in [2.75, 3.05) is 41.0 Å². The van der Waals surface area contributed by atoms with Gasteiger partial charge in [-0.2, -0.15) is 0 Å². The number of carboxylic acid groups (broad SMARTS) is 1. The van der Waals surface area contributed by atoms with Gasteiger partial charge in [0.15, 0.2) is 6.10 Å². The van der Waals surface area contributed by atoms with E-state index in [1.165, 1.54) is 109 Å². The lowest BCUT2D eigenvalue weighted by Gasteiger charge is -2.34. The van der Waals surface area contributed by atoms with Crippen LogP contribution in [0.15, 0.2) is 12.2 Å². The first-order valence-electron chi connectivity index (χ1n) is 20.2. The Kier molecular flexibility index (Phi) is 31.9. The third kappa shape index (κ3) is 31.8. The number of unbranched alkanes of at least 4 members (excludes halogenated alkanes) is 20. The van der Waals surface area contributed by atoms with Gasteiger partial charge in [-0.1, -0.05) is 135 Å². The van der Waals surface area contributed by atoms with Crippen LogP contribution in [-0.2, 0) is 28.6 Å². The van der Waals surface area contributed by atoms with Crippen LogP contribution in [0.1, 0.15) is 181 Å². The number of aliphatic carboxylic acids is 1. The molecule has 8 heteroatoms. The monoisotopic (exact) mass is 696 g/mol. The van der Waals surface area contributed by atoms with Crippen LogP contribution in [-0.4, -0.2) is 75.5 Å². The summed E-state index contributed by atoms with van der Waals surface area (Å²) in [5.41, 5.74) is 0. The van der Waals surface area contributed by atoms with E-state index >= 15 is 0 Å². The van der Waals surface area contributed by atoms with E-state index in [1.54, 1.807) is 21.1 Å². The summed E-state index contributed by atoms with van der Waals surface area (Å²) in [6.07, 6.45) is 32.6. The number of esters is 2. The number of hydrogen-bond donors (Lipinski definition) is 0. The highest BCUT2D eigenvalue weighted by Gasteiger charge is 2.25. The molecule has 2 atom stereocenters. The molecule has 0 saturated carbocycles. The minimum Gasteiger partial charge on any atom is -0.544 e. The molecule has 0 spiro atoms. The smallest absolute Gasteiger partial charge is 0.306 e. The second-order valence-electron chi connectivity index (χ2n) is 14.9. The van der Waals surface area contributed by atoms with Crippen molar-refractivity contribution >= 4 is 17.9 Å². The topological polar surface area (TPSA) is 102 Å². The predicted molar refractivity (Wildman–Crippen MR) is 199 cm³/mol. The molecule has 0 aromatic rings. The summed E-state index contributed by atoms with van der Waals surface area (Å²) in [6, 6.07) is -0.719. The second-order valence-corrected chi connectivity index (χ2v) is 14.9. The van der Waals surface area contributed by atoms with Gasteiger partial charge in [0, 0.05) is 19.3 Å². The molecule has 0 aliphatic heterocycles. The van der Waals surface area contributed by atoms with Crippen molar-refractivity contribution in [2.45, 2.75) is 193 Å². The fourth-order valence-corrected chi connectivity index (χ4v) is 5.95. The Morgan fingerprint density at radius 1 is 0.592 bits per heavy atom. The minimum atomic E-state index is -1.13. The SMILES string of the molecule is CCCCCCCC/C=C\CCCCCCCCCCCC(=O)OC(COCCC(C(=O)[O-])[N+](C)(C)C)COC(=O)CCCCCCCC. The zero-order valence-corrected chi connectivity index (χ0v) is 32.6. The van der Waals surface area contributed by atoms with Crippen molar-refractivity contribution in [1.29, 1.82) is 0 Å². The van der Waals surface area contributed by atoms with Gasteiger partial charge in [0.25, 0.3) is 0 Å². The number of allylic oxidation sites excluding steroid dienone is 2. The number of quaternary nitrogens is 1. The minimum absolute atomic E-state index is 0.0441. The van der Waals surface area contributed by atoms with Crippen molar-refractivity contribution < 1.29 is 38.2 Å². The Labute approximate surface area is 301 Å². The van der Waals surface area contributed by atoms with Crippen LogP contribution < -0.4 is 5.11 Å². The van der Waals surface area contributed by atoms with E-state index in [0.29, 0.717) is 12.8 Å². The molecule has 2 unspecified atom stereocenters. The molecule has 288 valence electrons. The lowest BCUT2D eigenvalue weighted by Crippen LogP contribution is -2.55. The highest BCUT2D eigenvalue weighted by molar-refractivity contribution is 5.70. The van der Waals surface area contributed by atoms with Crippen LogP contribution in [0.4, 0.5) is 0 Å². The Morgan fingerprint density at radius 3 is 1.47 bits per heavy atom. The molecule has 0 heterocycles. The Hall–Kier alpha value is -1.93. The van der Waals surface area contributed by atoms with E-state index in [-0.39, 0.29) is 42.7 Å². The zero-order chi connectivity index (χ0) is 36.4. The first-order valence-corrected chi connectivity index (χ1v) is 20.2. The lowest BCUT2D eigenvalue weighted by atomic mass is 10.1. The molecule has 0 radical (unpaired) electrons. The van der Waals surface area contributed by atoms with Gasteiger partial charge in [-0.3, -0.25) is 9.59 Å². The molecular weight excluding hydrogens is 618 g/mol. The van der Waals surface area contributed by atoms with Crippen molar-refractivity contribution in [2.24, 2.45) is 0 Å². The first-order chi connectivity index (χ1) is 23.6. The van der Waals surface area contributed by atoms with E-state index in [1.807, 2.05) is 0 Å². The van der Waals surface area contributed by atoms with Gasteiger partial charge in [0.2, 0.25) is 0 Å². The maximum Gasteiger partial charge on any atom is 0.306 e. The van der Waals surface area contributed by atoms with Crippen molar-refractivity contribution in [1.82, 2.24) is 0 Å². The van der Waals surface area contributed by atoms with Gasteiger partial charge >= 0.3 is 11.9 Å². The molecule has 0 saturated heterocycles. The maximum absolute atomic E-state index is 12.6. The molecule has 0 fully saturated rings. The number of ether oxygens (including phenoxy) is 3. The largest absolute Gasteiger partial charge is 0.544 e. The van der Waals surface area contributed by atoms with Gasteiger partial charge in [-0.05, 0) is 38.5 Å². The summed E-state index contributed by atoms with van der Waals surface area (Å²) in [4.78, 5) is 36.5. The summed E-state index contributed by atoms with van der Waals surface area (Å²) >= 11 is 0. The number of carbonyl (C=O) groups is 3. The van der Waals surface area contributed by atoms with Crippen LogP contribution in [0.5, 0.6) is 0 Å². The van der Waals surface area contributed by atoms with Gasteiger partial charge in [-0.25, -0.2) is 0 Å². The van der Waals surface area contributed by atoms with Crippen molar-refractivity contribution in [3.05, 3.63) is 12.2 Å². The normalized spacial score (nSPS) is 13.1. The van der Waals surface area contributed by atoms with E-state index in [9.17, 15) is 19.5 Å². The van der Waals surface area contributed by atoms with Crippen LogP contribution in [0.25, 0.3) is 0 Å². The Bertz CT molecular complexity index is 823. The van der Waals surface area contributed by atoms with E-state index < -0.39 is 18.1 Å². The maximum atomic E-state index is 12.6. The van der Waals surface area contributed by atoms with Crippen molar-refractivity contribution in [3.63, 3.8) is 0 Å². The summed E-state index contributed by atoms with van der Waals surface area (Å²) < 4.78 is 17.0. The summed E-state index contributed by atoms with van der Waals surface area (Å²) in [5, 5.41) is 11.6. The molecule has 0 aromatic heterocycles. The molecule has 49 heavy (non-hydrogen) atoms. The average Bonchev–Trinajstić information content (AvgIpc) is 3.05. The van der Waals surface area contributed by atoms with Gasteiger partial charge in [-0.15, -0.1) is 0 Å². The highest BCUT2D eigenvalue weighted by Crippen LogP contribution is 2.14. The van der Waals surface area contributed by atoms with Crippen LogP contribution in [0.2, 0.25) is 0 Å². The van der Waals surface area contributed by atoms with Gasteiger partial charge in [0.05, 0.1) is 40.3 Å². The predicted octanol–water partition coefficient (Wildman–Crippen LogP) is 9.02. The molecule has 0 N–H and O–H groups in total. The fraction of sp³-hybridized carbons (Fsp3) is 0.878. The van der Waals surface area contributed by atoms with E-state index in [0.717, 1.165) is 38.5 Å². The van der Waals surface area contributed by atoms with Crippen molar-refractivity contribution in [3.8, 4) is 0 Å². The lowest BCUT2D eigenvalue weighted by molar-refractivity contribution is -0.889. The van der Waals surface area contributed by atoms with Crippen LogP contribution >= 0.6 is 0 Å². The average molecular weight is 696 g/mol. The standard InChI is InChI=1S/C41H77NO7/c1-6-8-10-12-14-15-16-17-18-19-20-21-22-23-24-25-26-28-30-32-40(44)49-37(35-47-34-33-38(41(45)46)42(3,4)5)36-48-39(43)31-29-27-13-11-9-7-2/h17-18,37-38H,6-16,19-36H2,1-5H3/b18-17-. The number of carbonyl (C=O) groups excluding carboxylic acids is 3. The Morgan fingerprint density at radius 2 is 1.02 bits per heavy atom. The Balaban J connectivity index is 4.22. The number of rotatable bonds is 36. The van der Waals surface area contributed by atoms with E-state index in [4.69, 9.17) is 14.2 Å². The molecule has 0 aliphatic carbocycles. The van der Waals surface area contributed by atoms with Crippen LogP contribution in [0.3, 0.4) is 0 Å². The second kappa shape index (κ2) is 33.2. The third-order valence-corrected chi connectivity index (χ3v) is 9.15. The molecule has 0 bridgehead atoms. The molecular formula is C41H77NO7. The van der Waals surface area contributed by atoms with Crippen LogP contribution in [0, 0.1) is 0 Å². The summed E-state index contributed by atoms with van der Waals surface area (Å²) in [7, 11) is 5.40. The molecule has 0 aliphatic rings. The van der Waals surface area contributed by atoms with Gasteiger partial charge in [0.1, 0.15) is 12.6 Å². The number of likely N-dealkylation sites (N-methyl/N-ethyl adjacent to an activating group) is 1. The van der Waals surface area contributed by atoms with E-state index in [2.05, 4.69) is 26.0 Å². The first kappa shape index (κ1) is 47.1. The molecule has 0 rings (SSSR count). The highest BCUT2D eigenvalue weighted by atomic mass is 16.6. The fourth-order valence-electron chi connectivity index (χ4n) is 5.95. The zero-order valence-electron chi connectivity index (χ0n) is 32.6.